The molecule has 7 nitrogen and oxygen atoms in total. The fraction of sp³-hybridized carbons (Fsp3) is 0.500. The number of amides is 2. The molecule has 12 heteroatoms. The van der Waals surface area contributed by atoms with Gasteiger partial charge in [-0.05, 0) is 57.5 Å². The Hall–Kier alpha value is -3.15. The summed E-state index contributed by atoms with van der Waals surface area (Å²) in [5.74, 6) is -5.03. The summed E-state index contributed by atoms with van der Waals surface area (Å²) in [6, 6.07) is 1.81. The van der Waals surface area contributed by atoms with E-state index in [1.807, 2.05) is 0 Å². The smallest absolute Gasteiger partial charge is 0.366 e. The maximum atomic E-state index is 14.5. The monoisotopic (exact) mass is 513 g/mol. The van der Waals surface area contributed by atoms with Crippen molar-refractivity contribution >= 4 is 11.8 Å². The molecule has 1 aromatic carbocycles. The number of alkyl halides is 3. The van der Waals surface area contributed by atoms with Gasteiger partial charge in [0, 0.05) is 37.3 Å². The van der Waals surface area contributed by atoms with E-state index in [-0.39, 0.29) is 36.9 Å². The minimum absolute atomic E-state index is 0.0272. The first-order chi connectivity index (χ1) is 16.8. The quantitative estimate of drug-likeness (QED) is 0.475. The van der Waals surface area contributed by atoms with Gasteiger partial charge in [0.05, 0.1) is 11.0 Å². The highest BCUT2D eigenvalue weighted by molar-refractivity contribution is 5.93. The summed E-state index contributed by atoms with van der Waals surface area (Å²) < 4.78 is 70.3. The first-order valence-corrected chi connectivity index (χ1v) is 11.3. The summed E-state index contributed by atoms with van der Waals surface area (Å²) in [5.41, 5.74) is 2.66. The van der Waals surface area contributed by atoms with Gasteiger partial charge >= 0.3 is 6.18 Å². The summed E-state index contributed by atoms with van der Waals surface area (Å²) in [4.78, 5) is 33.7. The zero-order valence-electron chi connectivity index (χ0n) is 20.1. The Balaban J connectivity index is 1.73. The largest absolute Gasteiger partial charge is 0.395 e. The number of nitrogens with zero attached hydrogens (tertiary/aromatic N) is 3. The number of aryl methyl sites for hydroxylation is 1. The number of aromatic nitrogens is 2. The maximum Gasteiger partial charge on any atom is 0.395 e. The molecule has 1 aliphatic rings. The fourth-order valence-corrected chi connectivity index (χ4v) is 4.30. The molecule has 3 rings (SSSR count). The van der Waals surface area contributed by atoms with Gasteiger partial charge in [0.2, 0.25) is 5.91 Å². The van der Waals surface area contributed by atoms with Crippen molar-refractivity contribution in [2.45, 2.75) is 50.7 Å². The lowest BCUT2D eigenvalue weighted by molar-refractivity contribution is -0.194. The third kappa shape index (κ3) is 5.80. The number of primary amides is 1. The minimum atomic E-state index is -4.49. The van der Waals surface area contributed by atoms with Crippen LogP contribution in [-0.4, -0.2) is 59.5 Å². The summed E-state index contributed by atoms with van der Waals surface area (Å²) in [6.45, 7) is 1.58. The van der Waals surface area contributed by atoms with Crippen LogP contribution in [0.5, 0.6) is 0 Å². The van der Waals surface area contributed by atoms with Crippen molar-refractivity contribution in [1.29, 1.82) is 0 Å². The molecular formula is C24H28F5N5O2. The van der Waals surface area contributed by atoms with Gasteiger partial charge in [-0.15, -0.1) is 0 Å². The second-order valence-corrected chi connectivity index (χ2v) is 9.36. The number of likely N-dealkylation sites (N-methyl/N-ethyl adjacent to an activating group) is 1. The highest BCUT2D eigenvalue weighted by atomic mass is 19.4. The molecule has 3 N–H and O–H groups in total. The van der Waals surface area contributed by atoms with E-state index >= 15 is 0 Å². The molecule has 0 unspecified atom stereocenters. The molecule has 0 spiro atoms. The van der Waals surface area contributed by atoms with Crippen LogP contribution in [0.25, 0.3) is 0 Å². The molecule has 1 fully saturated rings. The van der Waals surface area contributed by atoms with E-state index in [1.165, 1.54) is 18.5 Å². The van der Waals surface area contributed by atoms with E-state index in [0.29, 0.717) is 5.82 Å². The predicted molar refractivity (Wildman–Crippen MR) is 121 cm³/mol. The minimum Gasteiger partial charge on any atom is -0.366 e. The number of hydrogen-bond donors (Lipinski definition) is 2. The molecule has 1 saturated carbocycles. The molecule has 2 aromatic rings. The highest BCUT2D eigenvalue weighted by Crippen LogP contribution is 2.66. The zero-order chi connectivity index (χ0) is 26.8. The van der Waals surface area contributed by atoms with Crippen LogP contribution < -0.4 is 11.1 Å². The summed E-state index contributed by atoms with van der Waals surface area (Å²) in [6.07, 6.45) is -2.49. The molecular weight excluding hydrogens is 485 g/mol. The second-order valence-electron chi connectivity index (χ2n) is 9.36. The Morgan fingerprint density at radius 3 is 2.25 bits per heavy atom. The van der Waals surface area contributed by atoms with E-state index in [9.17, 15) is 31.5 Å². The summed E-state index contributed by atoms with van der Waals surface area (Å²) in [7, 11) is 3.33. The van der Waals surface area contributed by atoms with Crippen molar-refractivity contribution < 1.29 is 31.5 Å². The van der Waals surface area contributed by atoms with Crippen molar-refractivity contribution in [3.05, 3.63) is 58.7 Å². The van der Waals surface area contributed by atoms with Crippen molar-refractivity contribution in [3.63, 3.8) is 0 Å². The van der Waals surface area contributed by atoms with E-state index in [2.05, 4.69) is 15.3 Å². The van der Waals surface area contributed by atoms with Crippen molar-refractivity contribution in [2.24, 2.45) is 11.1 Å². The topological polar surface area (TPSA) is 101 Å². The van der Waals surface area contributed by atoms with E-state index in [4.69, 9.17) is 5.73 Å². The standard InChI is InChI=1S/C24H28F5N5O2/c1-13-31-10-15(11-32-13)18(23(6-7-23)24(27,28)29)9-19(35)33-12-16(34(2)3)8-14-4-5-17(22(30)36)21(26)20(14)25/h4-5,10-11,16,18H,6-9,12H2,1-3H3,(H2,30,36)(H,33,35)/t16-,18-/m0/s1. The SMILES string of the molecule is Cc1ncc([C@H](CC(=O)NC[C@H](Cc2ccc(C(N)=O)c(F)c2F)N(C)C)C2(C(F)(F)F)CC2)cn1. The fourth-order valence-electron chi connectivity index (χ4n) is 4.30. The second kappa shape index (κ2) is 10.5. The zero-order valence-corrected chi connectivity index (χ0v) is 20.1. The van der Waals surface area contributed by atoms with Gasteiger partial charge in [-0.2, -0.15) is 13.2 Å². The van der Waals surface area contributed by atoms with Gasteiger partial charge in [0.25, 0.3) is 5.91 Å². The average molecular weight is 514 g/mol. The van der Waals surface area contributed by atoms with Crippen molar-refractivity contribution in [1.82, 2.24) is 20.2 Å². The van der Waals surface area contributed by atoms with Crippen LogP contribution in [0.3, 0.4) is 0 Å². The molecule has 2 amide bonds. The number of carbonyl (C=O) groups excluding carboxylic acids is 2. The highest BCUT2D eigenvalue weighted by Gasteiger charge is 2.67. The molecule has 1 aromatic heterocycles. The van der Waals surface area contributed by atoms with E-state index in [1.54, 1.807) is 25.9 Å². The van der Waals surface area contributed by atoms with Crippen LogP contribution in [0.4, 0.5) is 22.0 Å². The maximum absolute atomic E-state index is 14.5. The lowest BCUT2D eigenvalue weighted by atomic mass is 9.81. The number of nitrogens with two attached hydrogens (primary N) is 1. The number of hydrogen-bond acceptors (Lipinski definition) is 5. The van der Waals surface area contributed by atoms with E-state index in [0.717, 1.165) is 6.07 Å². The molecule has 0 aliphatic heterocycles. The lowest BCUT2D eigenvalue weighted by Gasteiger charge is -2.29. The molecule has 196 valence electrons. The average Bonchev–Trinajstić information content (AvgIpc) is 3.60. The molecule has 1 heterocycles. The summed E-state index contributed by atoms with van der Waals surface area (Å²) >= 11 is 0. The third-order valence-electron chi connectivity index (χ3n) is 6.76. The number of carbonyl (C=O) groups is 2. The van der Waals surface area contributed by atoms with Crippen LogP contribution in [0.15, 0.2) is 24.5 Å². The van der Waals surface area contributed by atoms with Gasteiger partial charge in [-0.1, -0.05) is 6.07 Å². The van der Waals surface area contributed by atoms with Crippen molar-refractivity contribution in [2.75, 3.05) is 20.6 Å². The third-order valence-corrected chi connectivity index (χ3v) is 6.76. The van der Waals surface area contributed by atoms with Crippen molar-refractivity contribution in [3.8, 4) is 0 Å². The molecule has 0 radical (unpaired) electrons. The van der Waals surface area contributed by atoms with E-state index < -0.39 is 59.0 Å². The molecule has 2 atom stereocenters. The Bertz CT molecular complexity index is 1120. The lowest BCUT2D eigenvalue weighted by Crippen LogP contribution is -2.43. The Kier molecular flexibility index (Phi) is 7.97. The van der Waals surface area contributed by atoms with Crippen LogP contribution >= 0.6 is 0 Å². The molecule has 36 heavy (non-hydrogen) atoms. The normalized spacial score (nSPS) is 16.5. The number of halogens is 5. The molecule has 1 aliphatic carbocycles. The number of rotatable bonds is 10. The first kappa shape index (κ1) is 27.4. The summed E-state index contributed by atoms with van der Waals surface area (Å²) in [5, 5.41) is 2.63. The van der Waals surface area contributed by atoms with Crippen LogP contribution in [0, 0.1) is 24.0 Å². The Labute approximate surface area is 205 Å². The van der Waals surface area contributed by atoms with Gasteiger partial charge in [-0.3, -0.25) is 9.59 Å². The number of benzene rings is 1. The molecule has 0 bridgehead atoms. The predicted octanol–water partition coefficient (Wildman–Crippen LogP) is 3.27. The van der Waals surface area contributed by atoms with Crippen LogP contribution in [0.2, 0.25) is 0 Å². The van der Waals surface area contributed by atoms with Gasteiger partial charge in [-0.25, -0.2) is 18.7 Å². The van der Waals surface area contributed by atoms with Crippen LogP contribution in [0.1, 0.15) is 52.5 Å². The van der Waals surface area contributed by atoms with Gasteiger partial charge < -0.3 is 16.0 Å². The molecule has 0 saturated heterocycles. The van der Waals surface area contributed by atoms with Gasteiger partial charge in [0.1, 0.15) is 5.82 Å². The van der Waals surface area contributed by atoms with Gasteiger partial charge in [0.15, 0.2) is 11.6 Å². The van der Waals surface area contributed by atoms with Crippen LogP contribution in [-0.2, 0) is 11.2 Å². The Morgan fingerprint density at radius 2 is 1.75 bits per heavy atom. The Morgan fingerprint density at radius 1 is 1.14 bits per heavy atom. The first-order valence-electron chi connectivity index (χ1n) is 11.3. The number of nitrogens with one attached hydrogen (secondary N) is 1.